The summed E-state index contributed by atoms with van der Waals surface area (Å²) in [5.74, 6) is 1.48. The maximum absolute atomic E-state index is 6.25. The number of nitrogens with one attached hydrogen (secondary N) is 1. The molecule has 0 radical (unpaired) electrons. The second-order valence-corrected chi connectivity index (χ2v) is 8.52. The molecule has 158 valence electrons. The van der Waals surface area contributed by atoms with Crippen LogP contribution in [-0.2, 0) is 13.2 Å². The number of likely N-dealkylation sites (N-methyl/N-ethyl adjacent to an activating group) is 1. The van der Waals surface area contributed by atoms with Crippen molar-refractivity contribution < 1.29 is 9.47 Å². The lowest BCUT2D eigenvalue weighted by Gasteiger charge is -2.23. The van der Waals surface area contributed by atoms with E-state index in [4.69, 9.17) is 21.1 Å². The van der Waals surface area contributed by atoms with Gasteiger partial charge in [0.25, 0.3) is 0 Å². The van der Waals surface area contributed by atoms with Crippen LogP contribution in [0.15, 0.2) is 40.9 Å². The maximum atomic E-state index is 6.25. The van der Waals surface area contributed by atoms with Gasteiger partial charge in [-0.15, -0.1) is 0 Å². The van der Waals surface area contributed by atoms with Gasteiger partial charge >= 0.3 is 0 Å². The summed E-state index contributed by atoms with van der Waals surface area (Å²) in [6.07, 6.45) is 2.58. The monoisotopic (exact) mass is 480 g/mol. The smallest absolute Gasteiger partial charge is 0.162 e. The molecular weight excluding hydrogens is 452 g/mol. The number of hydrogen-bond acceptors (Lipinski definition) is 4. The Morgan fingerprint density at radius 2 is 1.93 bits per heavy atom. The van der Waals surface area contributed by atoms with Crippen molar-refractivity contribution in [1.82, 2.24) is 10.2 Å². The topological polar surface area (TPSA) is 33.7 Å². The third kappa shape index (κ3) is 6.11. The van der Waals surface area contributed by atoms with E-state index in [1.54, 1.807) is 0 Å². The van der Waals surface area contributed by atoms with Crippen LogP contribution in [-0.4, -0.2) is 37.2 Å². The molecule has 29 heavy (non-hydrogen) atoms. The zero-order chi connectivity index (χ0) is 20.6. The Morgan fingerprint density at radius 1 is 1.14 bits per heavy atom. The Bertz CT molecular complexity index is 802. The van der Waals surface area contributed by atoms with Gasteiger partial charge in [0.05, 0.1) is 6.61 Å². The summed E-state index contributed by atoms with van der Waals surface area (Å²) >= 11 is 9.95. The summed E-state index contributed by atoms with van der Waals surface area (Å²) in [5, 5.41) is 4.32. The fraction of sp³-hybridized carbons (Fsp3) is 0.478. The van der Waals surface area contributed by atoms with Gasteiger partial charge in [0.15, 0.2) is 11.5 Å². The molecule has 1 saturated heterocycles. The molecule has 1 aliphatic heterocycles. The van der Waals surface area contributed by atoms with Crippen molar-refractivity contribution in [2.24, 2.45) is 0 Å². The van der Waals surface area contributed by atoms with Gasteiger partial charge < -0.3 is 14.8 Å². The standard InChI is InChI=1S/C23H30BrClN2O2/c1-3-27-11-7-9-19(27)15-26-14-18-12-22(28-4-2)23(13-20(18)24)29-16-17-8-5-6-10-21(17)25/h5-6,8,10,12-13,19,26H,3-4,7,9,11,14-16H2,1-2H3. The van der Waals surface area contributed by atoms with Crippen LogP contribution in [0.1, 0.15) is 37.8 Å². The van der Waals surface area contributed by atoms with Crippen molar-refractivity contribution in [3.63, 3.8) is 0 Å². The summed E-state index contributed by atoms with van der Waals surface area (Å²) in [6.45, 7) is 9.36. The highest BCUT2D eigenvalue weighted by Crippen LogP contribution is 2.35. The fourth-order valence-electron chi connectivity index (χ4n) is 3.78. The van der Waals surface area contributed by atoms with Crippen LogP contribution in [0.3, 0.4) is 0 Å². The van der Waals surface area contributed by atoms with Crippen LogP contribution in [0.25, 0.3) is 0 Å². The number of nitrogens with zero attached hydrogens (tertiary/aromatic N) is 1. The van der Waals surface area contributed by atoms with Crippen LogP contribution in [0.4, 0.5) is 0 Å². The van der Waals surface area contributed by atoms with Crippen LogP contribution in [0, 0.1) is 0 Å². The molecule has 6 heteroatoms. The number of benzene rings is 2. The number of likely N-dealkylation sites (tertiary alicyclic amines) is 1. The lowest BCUT2D eigenvalue weighted by molar-refractivity contribution is 0.259. The first-order valence-electron chi connectivity index (χ1n) is 10.4. The van der Waals surface area contributed by atoms with Crippen molar-refractivity contribution in [3.8, 4) is 11.5 Å². The Labute approximate surface area is 187 Å². The SMILES string of the molecule is CCOc1cc(CNCC2CCCN2CC)c(Br)cc1OCc1ccccc1Cl. The molecule has 3 rings (SSSR count). The molecule has 1 unspecified atom stereocenters. The number of hydrogen-bond donors (Lipinski definition) is 1. The molecule has 0 aromatic heterocycles. The van der Waals surface area contributed by atoms with Crippen molar-refractivity contribution in [1.29, 1.82) is 0 Å². The van der Waals surface area contributed by atoms with Crippen LogP contribution in [0.5, 0.6) is 11.5 Å². The van der Waals surface area contributed by atoms with Gasteiger partial charge in [0, 0.05) is 34.2 Å². The van der Waals surface area contributed by atoms with E-state index in [1.807, 2.05) is 37.3 Å². The molecule has 4 nitrogen and oxygen atoms in total. The molecule has 0 amide bonds. The van der Waals surface area contributed by atoms with E-state index in [2.05, 4.69) is 39.1 Å². The maximum Gasteiger partial charge on any atom is 0.162 e. The average Bonchev–Trinajstić information content (AvgIpc) is 3.17. The van der Waals surface area contributed by atoms with Gasteiger partial charge in [-0.2, -0.15) is 0 Å². The largest absolute Gasteiger partial charge is 0.490 e. The third-order valence-corrected chi connectivity index (χ3v) is 6.46. The van der Waals surface area contributed by atoms with Crippen molar-refractivity contribution in [3.05, 3.63) is 57.0 Å². The first kappa shape index (κ1) is 22.4. The van der Waals surface area contributed by atoms with E-state index in [1.165, 1.54) is 24.9 Å². The quantitative estimate of drug-likeness (QED) is 0.475. The number of rotatable bonds is 10. The van der Waals surface area contributed by atoms with Gasteiger partial charge in [0.2, 0.25) is 0 Å². The summed E-state index contributed by atoms with van der Waals surface area (Å²) in [7, 11) is 0. The molecule has 1 fully saturated rings. The predicted molar refractivity (Wildman–Crippen MR) is 123 cm³/mol. The molecule has 0 spiro atoms. The lowest BCUT2D eigenvalue weighted by atomic mass is 10.1. The predicted octanol–water partition coefficient (Wildman–Crippen LogP) is 5.65. The van der Waals surface area contributed by atoms with E-state index in [0.29, 0.717) is 24.3 Å². The van der Waals surface area contributed by atoms with Crippen molar-refractivity contribution in [2.45, 2.75) is 45.9 Å². The van der Waals surface area contributed by atoms with Crippen molar-refractivity contribution >= 4 is 27.5 Å². The minimum Gasteiger partial charge on any atom is -0.490 e. The molecule has 0 bridgehead atoms. The first-order valence-corrected chi connectivity index (χ1v) is 11.6. The Balaban J connectivity index is 1.64. The fourth-order valence-corrected chi connectivity index (χ4v) is 4.43. The second kappa shape index (κ2) is 11.2. The molecule has 1 atom stereocenters. The molecule has 1 heterocycles. The zero-order valence-electron chi connectivity index (χ0n) is 17.2. The van der Waals surface area contributed by atoms with Gasteiger partial charge in [-0.1, -0.05) is 52.7 Å². The number of halogens is 2. The number of ether oxygens (including phenoxy) is 2. The van der Waals surface area contributed by atoms with Crippen LogP contribution >= 0.6 is 27.5 Å². The highest BCUT2D eigenvalue weighted by Gasteiger charge is 2.22. The minimum atomic E-state index is 0.401. The van der Waals surface area contributed by atoms with Crippen LogP contribution < -0.4 is 14.8 Å². The second-order valence-electron chi connectivity index (χ2n) is 7.26. The van der Waals surface area contributed by atoms with Crippen LogP contribution in [0.2, 0.25) is 5.02 Å². The van der Waals surface area contributed by atoms with E-state index in [0.717, 1.165) is 41.2 Å². The van der Waals surface area contributed by atoms with E-state index in [9.17, 15) is 0 Å². The Kier molecular flexibility index (Phi) is 8.67. The summed E-state index contributed by atoms with van der Waals surface area (Å²) in [5.41, 5.74) is 2.12. The first-order chi connectivity index (χ1) is 14.1. The summed E-state index contributed by atoms with van der Waals surface area (Å²) < 4.78 is 12.9. The van der Waals surface area contributed by atoms with Crippen molar-refractivity contribution in [2.75, 3.05) is 26.2 Å². The van der Waals surface area contributed by atoms with Gasteiger partial charge in [0.1, 0.15) is 6.61 Å². The molecule has 0 aliphatic carbocycles. The van der Waals surface area contributed by atoms with Gasteiger partial charge in [-0.25, -0.2) is 0 Å². The lowest BCUT2D eigenvalue weighted by Crippen LogP contribution is -2.37. The van der Waals surface area contributed by atoms with Gasteiger partial charge in [-0.05, 0) is 56.6 Å². The zero-order valence-corrected chi connectivity index (χ0v) is 19.6. The highest BCUT2D eigenvalue weighted by molar-refractivity contribution is 9.10. The molecule has 1 N–H and O–H groups in total. The average molecular weight is 482 g/mol. The normalized spacial score (nSPS) is 16.9. The molecule has 2 aromatic carbocycles. The Hall–Kier alpha value is -1.27. The summed E-state index contributed by atoms with van der Waals surface area (Å²) in [4.78, 5) is 2.55. The molecule has 2 aromatic rings. The highest BCUT2D eigenvalue weighted by atomic mass is 79.9. The molecular formula is C23H30BrClN2O2. The minimum absolute atomic E-state index is 0.401. The Morgan fingerprint density at radius 3 is 2.69 bits per heavy atom. The van der Waals surface area contributed by atoms with Gasteiger partial charge in [-0.3, -0.25) is 4.90 Å². The van der Waals surface area contributed by atoms with E-state index in [-0.39, 0.29) is 0 Å². The molecule has 1 aliphatic rings. The summed E-state index contributed by atoms with van der Waals surface area (Å²) in [6, 6.07) is 12.4. The molecule has 0 saturated carbocycles. The third-order valence-electron chi connectivity index (χ3n) is 5.35. The van der Waals surface area contributed by atoms with E-state index < -0.39 is 0 Å². The van der Waals surface area contributed by atoms with E-state index >= 15 is 0 Å².